The van der Waals surface area contributed by atoms with Gasteiger partial charge in [0.05, 0.1) is 17.8 Å². The molecule has 3 N–H and O–H groups in total. The first kappa shape index (κ1) is 25.7. The molecule has 7 nitrogen and oxygen atoms in total. The second kappa shape index (κ2) is 11.1. The summed E-state index contributed by atoms with van der Waals surface area (Å²) in [5.41, 5.74) is 2.00. The molecule has 9 heteroatoms. The van der Waals surface area contributed by atoms with Gasteiger partial charge in [0.1, 0.15) is 17.4 Å². The van der Waals surface area contributed by atoms with E-state index in [0.29, 0.717) is 5.56 Å². The number of amides is 1. The zero-order chi connectivity index (χ0) is 25.7. The Morgan fingerprint density at radius 3 is 2.50 bits per heavy atom. The average Bonchev–Trinajstić information content (AvgIpc) is 3.43. The predicted octanol–water partition coefficient (Wildman–Crippen LogP) is 3.19. The molecule has 1 aliphatic rings. The number of aromatic nitrogens is 2. The zero-order valence-corrected chi connectivity index (χ0v) is 20.1. The van der Waals surface area contributed by atoms with Crippen LogP contribution < -0.4 is 10.6 Å². The number of nitrogens with one attached hydrogen (secondary N) is 2. The normalized spacial score (nSPS) is 15.8. The number of halogens is 2. The summed E-state index contributed by atoms with van der Waals surface area (Å²) < 4.78 is 29.3. The first-order chi connectivity index (χ1) is 17.2. The highest BCUT2D eigenvalue weighted by molar-refractivity contribution is 5.83. The Hall–Kier alpha value is -3.43. The van der Waals surface area contributed by atoms with E-state index < -0.39 is 29.7 Å². The molecule has 3 aromatic rings. The average molecular weight is 497 g/mol. The van der Waals surface area contributed by atoms with Gasteiger partial charge in [-0.05, 0) is 67.6 Å². The fraction of sp³-hybridized carbons (Fsp3) is 0.370. The van der Waals surface area contributed by atoms with Gasteiger partial charge in [0.25, 0.3) is 0 Å². The van der Waals surface area contributed by atoms with Crippen molar-refractivity contribution in [3.8, 4) is 5.69 Å². The lowest BCUT2D eigenvalue weighted by Gasteiger charge is -2.27. The molecular formula is C27H30F2N4O3. The zero-order valence-electron chi connectivity index (χ0n) is 20.1. The van der Waals surface area contributed by atoms with Crippen LogP contribution in [0.1, 0.15) is 43.7 Å². The van der Waals surface area contributed by atoms with Crippen molar-refractivity contribution in [2.24, 2.45) is 0 Å². The van der Waals surface area contributed by atoms with Gasteiger partial charge in [-0.2, -0.15) is 5.10 Å². The van der Waals surface area contributed by atoms with Crippen LogP contribution in [0.2, 0.25) is 0 Å². The molecule has 2 atom stereocenters. The van der Waals surface area contributed by atoms with E-state index in [4.69, 9.17) is 0 Å². The molecule has 36 heavy (non-hydrogen) atoms. The number of Topliss-reactive ketones (excluding diaryl/α,β-unsaturated/α-hetero) is 1. The fourth-order valence-electron chi connectivity index (χ4n) is 4.34. The molecule has 1 amide bonds. The summed E-state index contributed by atoms with van der Waals surface area (Å²) in [4.78, 5) is 23.7. The van der Waals surface area contributed by atoms with Crippen molar-refractivity contribution in [3.05, 3.63) is 83.7 Å². The van der Waals surface area contributed by atoms with Crippen LogP contribution in [-0.4, -0.2) is 45.3 Å². The van der Waals surface area contributed by atoms with Crippen molar-refractivity contribution in [2.45, 2.75) is 56.7 Å². The summed E-state index contributed by atoms with van der Waals surface area (Å²) in [6, 6.07) is 12.2. The van der Waals surface area contributed by atoms with Gasteiger partial charge in [0.15, 0.2) is 0 Å². The molecule has 0 radical (unpaired) electrons. The van der Waals surface area contributed by atoms with E-state index in [1.54, 1.807) is 10.9 Å². The molecular weight excluding hydrogens is 466 g/mol. The monoisotopic (exact) mass is 496 g/mol. The second-order valence-electron chi connectivity index (χ2n) is 9.39. The maximum Gasteiger partial charge on any atom is 0.220 e. The maximum absolute atomic E-state index is 13.7. The highest BCUT2D eigenvalue weighted by Gasteiger charge is 2.44. The van der Waals surface area contributed by atoms with E-state index in [2.05, 4.69) is 21.8 Å². The van der Waals surface area contributed by atoms with Gasteiger partial charge < -0.3 is 20.5 Å². The molecule has 1 saturated carbocycles. The van der Waals surface area contributed by atoms with Crippen molar-refractivity contribution in [1.29, 1.82) is 0 Å². The number of benzene rings is 2. The van der Waals surface area contributed by atoms with Gasteiger partial charge in [-0.15, -0.1) is 0 Å². The van der Waals surface area contributed by atoms with Gasteiger partial charge in [-0.25, -0.2) is 13.5 Å². The summed E-state index contributed by atoms with van der Waals surface area (Å²) in [5, 5.41) is 21.5. The Morgan fingerprint density at radius 1 is 1.11 bits per heavy atom. The third-order valence-corrected chi connectivity index (χ3v) is 6.46. The SMILES string of the molecule is CC(=O)CCC(=O)NC(Cc1cc(F)cc(F)c1)C(O)CNC1(c2cccc(-n3cccn3)c2)CC1. The number of rotatable bonds is 12. The molecule has 1 aliphatic carbocycles. The summed E-state index contributed by atoms with van der Waals surface area (Å²) >= 11 is 0. The van der Waals surface area contributed by atoms with Crippen molar-refractivity contribution in [1.82, 2.24) is 20.4 Å². The van der Waals surface area contributed by atoms with Crippen LogP contribution >= 0.6 is 0 Å². The quantitative estimate of drug-likeness (QED) is 0.358. The number of nitrogens with zero attached hydrogens (tertiary/aromatic N) is 2. The molecule has 1 fully saturated rings. The minimum atomic E-state index is -1.04. The predicted molar refractivity (Wildman–Crippen MR) is 130 cm³/mol. The van der Waals surface area contributed by atoms with Crippen molar-refractivity contribution in [2.75, 3.05) is 6.54 Å². The molecule has 4 rings (SSSR count). The van der Waals surface area contributed by atoms with E-state index in [9.17, 15) is 23.5 Å². The minimum Gasteiger partial charge on any atom is -0.390 e. The van der Waals surface area contributed by atoms with Gasteiger partial charge in [-0.1, -0.05) is 12.1 Å². The van der Waals surface area contributed by atoms with E-state index in [1.807, 2.05) is 30.5 Å². The van der Waals surface area contributed by atoms with Crippen LogP contribution in [0.3, 0.4) is 0 Å². The first-order valence-electron chi connectivity index (χ1n) is 12.0. The molecule has 2 unspecified atom stereocenters. The molecule has 190 valence electrons. The topological polar surface area (TPSA) is 96.3 Å². The molecule has 1 aromatic heterocycles. The molecule has 1 heterocycles. The van der Waals surface area contributed by atoms with Crippen LogP contribution in [0.15, 0.2) is 60.9 Å². The fourth-order valence-corrected chi connectivity index (χ4v) is 4.34. The number of hydrogen-bond acceptors (Lipinski definition) is 5. The van der Waals surface area contributed by atoms with Crippen LogP contribution in [0.25, 0.3) is 5.69 Å². The van der Waals surface area contributed by atoms with Gasteiger partial charge in [0.2, 0.25) is 5.91 Å². The Labute approximate surface area is 208 Å². The number of aliphatic hydroxyl groups excluding tert-OH is 1. The number of aliphatic hydroxyl groups is 1. The van der Waals surface area contributed by atoms with Crippen LogP contribution in [0.5, 0.6) is 0 Å². The largest absolute Gasteiger partial charge is 0.390 e. The van der Waals surface area contributed by atoms with Gasteiger partial charge >= 0.3 is 0 Å². The van der Waals surface area contributed by atoms with Crippen molar-refractivity contribution >= 4 is 11.7 Å². The lowest BCUT2D eigenvalue weighted by molar-refractivity contribution is -0.125. The number of carbonyl (C=O) groups is 2. The summed E-state index contributed by atoms with van der Waals surface area (Å²) in [6.07, 6.45) is 4.40. The second-order valence-corrected chi connectivity index (χ2v) is 9.39. The molecule has 2 aromatic carbocycles. The van der Waals surface area contributed by atoms with E-state index in [-0.39, 0.29) is 37.1 Å². The maximum atomic E-state index is 13.7. The standard InChI is InChI=1S/C27H30F2N4O3/c1-18(34)6-7-26(36)32-24(14-19-12-21(28)16-22(29)13-19)25(35)17-30-27(8-9-27)20-4-2-5-23(15-20)33-11-3-10-31-33/h2-5,10-13,15-16,24-25,30,35H,6-9,14,17H2,1H3,(H,32,36). The molecule has 0 spiro atoms. The first-order valence-corrected chi connectivity index (χ1v) is 12.0. The van der Waals surface area contributed by atoms with E-state index >= 15 is 0 Å². The van der Waals surface area contributed by atoms with Crippen LogP contribution in [0.4, 0.5) is 8.78 Å². The summed E-state index contributed by atoms with van der Waals surface area (Å²) in [7, 11) is 0. The number of hydrogen-bond donors (Lipinski definition) is 3. The molecule has 0 saturated heterocycles. The van der Waals surface area contributed by atoms with E-state index in [0.717, 1.165) is 30.2 Å². The van der Waals surface area contributed by atoms with Crippen LogP contribution in [0, 0.1) is 11.6 Å². The summed E-state index contributed by atoms with van der Waals surface area (Å²) in [6.45, 7) is 1.55. The third kappa shape index (κ3) is 6.61. The number of carbonyl (C=O) groups excluding carboxylic acids is 2. The molecule has 0 bridgehead atoms. The van der Waals surface area contributed by atoms with Crippen molar-refractivity contribution < 1.29 is 23.5 Å². The lowest BCUT2D eigenvalue weighted by Crippen LogP contribution is -2.50. The van der Waals surface area contributed by atoms with Crippen molar-refractivity contribution in [3.63, 3.8) is 0 Å². The minimum absolute atomic E-state index is 0.0202. The van der Waals surface area contributed by atoms with Gasteiger partial charge in [0, 0.05) is 43.4 Å². The highest BCUT2D eigenvalue weighted by Crippen LogP contribution is 2.45. The smallest absolute Gasteiger partial charge is 0.220 e. The van der Waals surface area contributed by atoms with E-state index in [1.165, 1.54) is 19.1 Å². The summed E-state index contributed by atoms with van der Waals surface area (Å²) in [5.74, 6) is -1.98. The highest BCUT2D eigenvalue weighted by atomic mass is 19.1. The van der Waals surface area contributed by atoms with Crippen LogP contribution in [-0.2, 0) is 21.5 Å². The Kier molecular flexibility index (Phi) is 7.91. The Bertz CT molecular complexity index is 1190. The Morgan fingerprint density at radius 2 is 1.86 bits per heavy atom. The Balaban J connectivity index is 1.45. The molecule has 0 aliphatic heterocycles. The number of ketones is 1. The third-order valence-electron chi connectivity index (χ3n) is 6.46. The van der Waals surface area contributed by atoms with Gasteiger partial charge in [-0.3, -0.25) is 4.79 Å². The lowest BCUT2D eigenvalue weighted by atomic mass is 9.99.